The molecule has 0 aliphatic carbocycles. The van der Waals surface area contributed by atoms with Gasteiger partial charge in [0.1, 0.15) is 5.75 Å². The first kappa shape index (κ1) is 24.1. The van der Waals surface area contributed by atoms with Crippen molar-refractivity contribution >= 4 is 23.2 Å². The van der Waals surface area contributed by atoms with Crippen molar-refractivity contribution in [1.29, 1.82) is 0 Å². The fourth-order valence-corrected chi connectivity index (χ4v) is 3.49. The average molecular weight is 445 g/mol. The Morgan fingerprint density at radius 2 is 1.55 bits per heavy atom. The summed E-state index contributed by atoms with van der Waals surface area (Å²) in [6.45, 7) is 2.89. The van der Waals surface area contributed by atoms with Crippen LogP contribution in [0.15, 0.2) is 78.9 Å². The standard InChI is InChI=1S/C28H32N2O3/c1-3-4-5-6-10-20-33-26-18-16-22(17-19-26)27(31)29-24-13-11-12-23(21-24)28(32)30(2)25-14-8-7-9-15-25/h7-9,11-19,21H,3-6,10,20H2,1-2H3,(H,29,31). The summed E-state index contributed by atoms with van der Waals surface area (Å²) in [6, 6.07) is 23.5. The Hall–Kier alpha value is -3.60. The van der Waals surface area contributed by atoms with Gasteiger partial charge in [-0.1, -0.05) is 56.9 Å². The normalized spacial score (nSPS) is 10.5. The van der Waals surface area contributed by atoms with E-state index in [0.717, 1.165) is 17.9 Å². The topological polar surface area (TPSA) is 58.6 Å². The number of carbonyl (C=O) groups is 2. The van der Waals surface area contributed by atoms with Crippen molar-refractivity contribution in [3.63, 3.8) is 0 Å². The highest BCUT2D eigenvalue weighted by Gasteiger charge is 2.14. The SMILES string of the molecule is CCCCCCCOc1ccc(C(=O)Nc2cccc(C(=O)N(C)c3ccccc3)c2)cc1. The lowest BCUT2D eigenvalue weighted by Crippen LogP contribution is -2.26. The summed E-state index contributed by atoms with van der Waals surface area (Å²) in [7, 11) is 1.73. The fraction of sp³-hybridized carbons (Fsp3) is 0.286. The number of unbranched alkanes of at least 4 members (excludes halogenated alkanes) is 4. The first-order valence-electron chi connectivity index (χ1n) is 11.6. The zero-order valence-corrected chi connectivity index (χ0v) is 19.4. The maximum Gasteiger partial charge on any atom is 0.258 e. The van der Waals surface area contributed by atoms with Crippen molar-refractivity contribution in [2.24, 2.45) is 0 Å². The minimum atomic E-state index is -0.234. The quantitative estimate of drug-likeness (QED) is 0.341. The van der Waals surface area contributed by atoms with E-state index < -0.39 is 0 Å². The van der Waals surface area contributed by atoms with Crippen molar-refractivity contribution in [2.45, 2.75) is 39.0 Å². The summed E-state index contributed by atoms with van der Waals surface area (Å²) in [6.07, 6.45) is 5.96. The second-order valence-corrected chi connectivity index (χ2v) is 8.02. The number of rotatable bonds is 11. The second kappa shape index (κ2) is 12.4. The molecule has 0 saturated carbocycles. The third kappa shape index (κ3) is 7.21. The van der Waals surface area contributed by atoms with Crippen molar-refractivity contribution in [1.82, 2.24) is 0 Å². The minimum absolute atomic E-state index is 0.145. The number of para-hydroxylation sites is 1. The lowest BCUT2D eigenvalue weighted by atomic mass is 10.1. The lowest BCUT2D eigenvalue weighted by molar-refractivity contribution is 0.0990. The molecule has 0 aliphatic rings. The number of hydrogen-bond donors (Lipinski definition) is 1. The van der Waals surface area contributed by atoms with Crippen LogP contribution in [0.1, 0.15) is 59.7 Å². The zero-order chi connectivity index (χ0) is 23.5. The molecule has 0 atom stereocenters. The van der Waals surface area contributed by atoms with Gasteiger partial charge < -0.3 is 15.0 Å². The summed E-state index contributed by atoms with van der Waals surface area (Å²) < 4.78 is 5.77. The van der Waals surface area contributed by atoms with Crippen LogP contribution in [-0.2, 0) is 0 Å². The van der Waals surface area contributed by atoms with Gasteiger partial charge in [-0.3, -0.25) is 9.59 Å². The third-order valence-electron chi connectivity index (χ3n) is 5.45. The highest BCUT2D eigenvalue weighted by atomic mass is 16.5. The largest absolute Gasteiger partial charge is 0.494 e. The van der Waals surface area contributed by atoms with Gasteiger partial charge in [0.05, 0.1) is 6.61 Å². The van der Waals surface area contributed by atoms with E-state index in [0.29, 0.717) is 23.4 Å². The van der Waals surface area contributed by atoms with Crippen LogP contribution < -0.4 is 15.0 Å². The van der Waals surface area contributed by atoms with Crippen LogP contribution in [0.4, 0.5) is 11.4 Å². The van der Waals surface area contributed by atoms with E-state index in [2.05, 4.69) is 12.2 Å². The number of nitrogens with zero attached hydrogens (tertiary/aromatic N) is 1. The molecular formula is C28H32N2O3. The number of anilines is 2. The molecule has 5 nitrogen and oxygen atoms in total. The molecule has 0 saturated heterocycles. The molecule has 0 unspecified atom stereocenters. The van der Waals surface area contributed by atoms with Crippen LogP contribution in [0.3, 0.4) is 0 Å². The Morgan fingerprint density at radius 1 is 0.818 bits per heavy atom. The van der Waals surface area contributed by atoms with Gasteiger partial charge in [0.2, 0.25) is 0 Å². The predicted molar refractivity (Wildman–Crippen MR) is 134 cm³/mol. The number of benzene rings is 3. The molecule has 0 radical (unpaired) electrons. The predicted octanol–water partition coefficient (Wildman–Crippen LogP) is 6.56. The Kier molecular flexibility index (Phi) is 9.07. The van der Waals surface area contributed by atoms with E-state index in [4.69, 9.17) is 4.74 Å². The van der Waals surface area contributed by atoms with Crippen LogP contribution in [0.5, 0.6) is 5.75 Å². The highest BCUT2D eigenvalue weighted by Crippen LogP contribution is 2.19. The molecule has 3 aromatic carbocycles. The first-order valence-corrected chi connectivity index (χ1v) is 11.6. The molecule has 0 fully saturated rings. The molecular weight excluding hydrogens is 412 g/mol. The Labute approximate surface area is 196 Å². The second-order valence-electron chi connectivity index (χ2n) is 8.02. The van der Waals surface area contributed by atoms with E-state index in [9.17, 15) is 9.59 Å². The van der Waals surface area contributed by atoms with E-state index >= 15 is 0 Å². The molecule has 2 amide bonds. The van der Waals surface area contributed by atoms with Crippen molar-refractivity contribution < 1.29 is 14.3 Å². The summed E-state index contributed by atoms with van der Waals surface area (Å²) in [5.41, 5.74) is 2.41. The molecule has 0 heterocycles. The molecule has 0 aromatic heterocycles. The summed E-state index contributed by atoms with van der Waals surface area (Å²) >= 11 is 0. The highest BCUT2D eigenvalue weighted by molar-refractivity contribution is 6.08. The molecule has 5 heteroatoms. The lowest BCUT2D eigenvalue weighted by Gasteiger charge is -2.17. The first-order chi connectivity index (χ1) is 16.1. The van der Waals surface area contributed by atoms with Crippen LogP contribution in [0.25, 0.3) is 0 Å². The zero-order valence-electron chi connectivity index (χ0n) is 19.4. The number of carbonyl (C=O) groups excluding carboxylic acids is 2. The van der Waals surface area contributed by atoms with Gasteiger partial charge in [0, 0.05) is 29.5 Å². The average Bonchev–Trinajstić information content (AvgIpc) is 2.86. The molecule has 0 spiro atoms. The Balaban J connectivity index is 1.55. The van der Waals surface area contributed by atoms with Crippen molar-refractivity contribution in [3.05, 3.63) is 90.0 Å². The van der Waals surface area contributed by atoms with Gasteiger partial charge in [-0.25, -0.2) is 0 Å². The fourth-order valence-electron chi connectivity index (χ4n) is 3.49. The van der Waals surface area contributed by atoms with Gasteiger partial charge in [-0.05, 0) is 61.0 Å². The van der Waals surface area contributed by atoms with Crippen molar-refractivity contribution in [2.75, 3.05) is 23.9 Å². The van der Waals surface area contributed by atoms with E-state index in [1.54, 1.807) is 48.3 Å². The molecule has 1 N–H and O–H groups in total. The van der Waals surface area contributed by atoms with Crippen molar-refractivity contribution in [3.8, 4) is 5.75 Å². The van der Waals surface area contributed by atoms with Crippen LogP contribution in [0, 0.1) is 0 Å². The molecule has 3 rings (SSSR count). The Morgan fingerprint density at radius 3 is 2.27 bits per heavy atom. The molecule has 0 bridgehead atoms. The number of nitrogens with one attached hydrogen (secondary N) is 1. The van der Waals surface area contributed by atoms with E-state index in [-0.39, 0.29) is 11.8 Å². The van der Waals surface area contributed by atoms with Gasteiger partial charge in [-0.2, -0.15) is 0 Å². The maximum atomic E-state index is 12.8. The third-order valence-corrected chi connectivity index (χ3v) is 5.45. The Bertz CT molecular complexity index is 1030. The summed E-state index contributed by atoms with van der Waals surface area (Å²) in [4.78, 5) is 27.1. The summed E-state index contributed by atoms with van der Waals surface area (Å²) in [5, 5.41) is 2.87. The molecule has 33 heavy (non-hydrogen) atoms. The van der Waals surface area contributed by atoms with Gasteiger partial charge >= 0.3 is 0 Å². The van der Waals surface area contributed by atoms with E-state index in [1.165, 1.54) is 25.7 Å². The van der Waals surface area contributed by atoms with Crippen LogP contribution in [0.2, 0.25) is 0 Å². The minimum Gasteiger partial charge on any atom is -0.494 e. The van der Waals surface area contributed by atoms with Gasteiger partial charge in [-0.15, -0.1) is 0 Å². The maximum absolute atomic E-state index is 12.8. The molecule has 0 aliphatic heterocycles. The number of amides is 2. The molecule has 3 aromatic rings. The number of hydrogen-bond acceptors (Lipinski definition) is 3. The van der Waals surface area contributed by atoms with E-state index in [1.807, 2.05) is 42.5 Å². The molecule has 172 valence electrons. The smallest absolute Gasteiger partial charge is 0.258 e. The van der Waals surface area contributed by atoms with Crippen LogP contribution >= 0.6 is 0 Å². The van der Waals surface area contributed by atoms with Gasteiger partial charge in [0.15, 0.2) is 0 Å². The number of ether oxygens (including phenoxy) is 1. The van der Waals surface area contributed by atoms with Gasteiger partial charge in [0.25, 0.3) is 11.8 Å². The van der Waals surface area contributed by atoms with Crippen LogP contribution in [-0.4, -0.2) is 25.5 Å². The monoisotopic (exact) mass is 444 g/mol. The summed E-state index contributed by atoms with van der Waals surface area (Å²) in [5.74, 6) is 0.384.